The molecule has 0 bridgehead atoms. The molecule has 0 unspecified atom stereocenters. The third kappa shape index (κ3) is 11.8. The van der Waals surface area contributed by atoms with Crippen LogP contribution in [-0.2, 0) is 62.4 Å². The highest BCUT2D eigenvalue weighted by atomic mass is 16.2. The molecule has 9 aromatic rings. The molecule has 3 atom stereocenters. The summed E-state index contributed by atoms with van der Waals surface area (Å²) in [7, 11) is 0. The third-order valence-electron chi connectivity index (χ3n) is 14.7. The Morgan fingerprint density at radius 2 is 0.610 bits per heavy atom. The zero-order chi connectivity index (χ0) is 58.5. The van der Waals surface area contributed by atoms with E-state index in [1.807, 2.05) is 54.6 Å². The summed E-state index contributed by atoms with van der Waals surface area (Å²) in [5.74, 6) is -8.67. The summed E-state index contributed by atoms with van der Waals surface area (Å²) in [6.07, 6.45) is 1.75. The minimum atomic E-state index is -2.35. The van der Waals surface area contributed by atoms with Gasteiger partial charge in [-0.25, -0.2) is 0 Å². The first-order valence-corrected chi connectivity index (χ1v) is 25.9. The van der Waals surface area contributed by atoms with E-state index in [0.717, 1.165) is 32.7 Å². The van der Waals surface area contributed by atoms with Crippen molar-refractivity contribution in [1.29, 1.82) is 0 Å². The number of H-pyrrole nitrogens is 3. The van der Waals surface area contributed by atoms with E-state index < -0.39 is 94.6 Å². The monoisotopic (exact) mass is 1100 g/mol. The molecule has 0 aliphatic rings. The van der Waals surface area contributed by atoms with Crippen molar-refractivity contribution in [2.45, 2.75) is 61.1 Å². The molecule has 0 fully saturated rings. The highest BCUT2D eigenvalue weighted by Gasteiger charge is 2.46. The molecule has 9 rings (SSSR count). The van der Waals surface area contributed by atoms with E-state index in [0.29, 0.717) is 33.4 Å². The van der Waals surface area contributed by atoms with Gasteiger partial charge in [-0.1, -0.05) is 91.0 Å². The largest absolute Gasteiger partial charge is 0.370 e. The number of nitrogens with two attached hydrogens (primary N) is 6. The molecular formula is C61H58N12O9. The van der Waals surface area contributed by atoms with Gasteiger partial charge in [0.2, 0.25) is 17.7 Å². The molecule has 0 radical (unpaired) electrons. The smallest absolute Gasteiger partial charge is 0.252 e. The molecule has 0 saturated heterocycles. The third-order valence-corrected chi connectivity index (χ3v) is 14.7. The Bertz CT molecular complexity index is 3570. The maximum Gasteiger partial charge on any atom is 0.252 e. The Balaban J connectivity index is 0.984. The highest BCUT2D eigenvalue weighted by molar-refractivity contribution is 6.20. The molecule has 0 aliphatic carbocycles. The number of fused-ring (bicyclic) bond motifs is 3. The number of carbonyl (C=O) groups is 9. The molecule has 6 amide bonds. The lowest BCUT2D eigenvalue weighted by atomic mass is 9.84. The van der Waals surface area contributed by atoms with E-state index in [1.165, 1.54) is 0 Å². The summed E-state index contributed by atoms with van der Waals surface area (Å²) in [6.45, 7) is 0. The van der Waals surface area contributed by atoms with Gasteiger partial charge in [-0.3, -0.25) is 43.2 Å². The molecule has 3 aromatic heterocycles. The van der Waals surface area contributed by atoms with Crippen molar-refractivity contribution in [2.24, 2.45) is 34.4 Å². The number of para-hydroxylation sites is 3. The van der Waals surface area contributed by atoms with Crippen molar-refractivity contribution < 1.29 is 43.2 Å². The van der Waals surface area contributed by atoms with Gasteiger partial charge in [0, 0.05) is 93.5 Å². The van der Waals surface area contributed by atoms with Crippen LogP contribution in [0.3, 0.4) is 0 Å². The number of ketones is 3. The highest BCUT2D eigenvalue weighted by Crippen LogP contribution is 2.35. The molecule has 0 spiro atoms. The number of benzene rings is 6. The van der Waals surface area contributed by atoms with E-state index in [1.54, 1.807) is 110 Å². The number of rotatable bonds is 24. The van der Waals surface area contributed by atoms with Crippen LogP contribution in [0.25, 0.3) is 32.7 Å². The second kappa shape index (κ2) is 23.2. The summed E-state index contributed by atoms with van der Waals surface area (Å²) in [6, 6.07) is 41.4. The SMILES string of the molecule is NC(=O)C[C@@](N)(C(=O)Cc1c[nH]c2ccccc12)C(=O)Nc1ccc(C(c2ccc(NC(=O)[C@@](N)(CC(N)=O)C(=O)Cc3c[nH]c4ccccc34)cc2)c2ccc(NC(=O)[C@@](N)(CC(N)=O)C(=O)Cc3c[nH]c4ccccc34)cc2)cc1. The predicted octanol–water partition coefficient (Wildman–Crippen LogP) is 4.28. The van der Waals surface area contributed by atoms with Gasteiger partial charge in [0.05, 0.1) is 19.3 Å². The van der Waals surface area contributed by atoms with E-state index >= 15 is 0 Å². The van der Waals surface area contributed by atoms with Crippen molar-refractivity contribution in [3.8, 4) is 0 Å². The normalized spacial score (nSPS) is 13.6. The number of aromatic amines is 3. The van der Waals surface area contributed by atoms with Crippen LogP contribution >= 0.6 is 0 Å². The first-order chi connectivity index (χ1) is 39.1. The van der Waals surface area contributed by atoms with E-state index in [2.05, 4.69) is 30.9 Å². The van der Waals surface area contributed by atoms with Crippen molar-refractivity contribution >= 4 is 103 Å². The number of nitrogens with one attached hydrogen (secondary N) is 6. The Labute approximate surface area is 467 Å². The van der Waals surface area contributed by atoms with E-state index in [4.69, 9.17) is 34.4 Å². The molecule has 0 aliphatic heterocycles. The first kappa shape index (κ1) is 56.4. The molecule has 21 heteroatoms. The number of carbonyl (C=O) groups excluding carboxylic acids is 9. The van der Waals surface area contributed by atoms with Gasteiger partial charge in [-0.15, -0.1) is 0 Å². The lowest BCUT2D eigenvalue weighted by Crippen LogP contribution is -2.59. The van der Waals surface area contributed by atoms with Gasteiger partial charge in [0.15, 0.2) is 34.0 Å². The standard InChI is InChI=1S/C61H58N12O9/c62-52(77)28-59(65,49(74)25-37-31-68-46-10-4-1-7-43(37)46)56(80)71-40-19-13-34(14-20-40)55(35-15-21-41(22-16-35)72-57(81)60(66,29-53(63)78)50(75)26-38-32-69-47-11-5-2-8-44(38)47)36-17-23-42(24-18-36)73-58(82)61(67,30-54(64)79)51(76)27-39-33-70-48-12-6-3-9-45(39)48/h1-24,31-33,55,68-70H,25-30,65-67H2,(H2,62,77)(H2,63,78)(H2,64,79)(H,71,80)(H,72,81)(H,73,82)/t59-,60-,61-/m1/s1. The van der Waals surface area contributed by atoms with Gasteiger partial charge in [0.25, 0.3) is 17.7 Å². The lowest BCUT2D eigenvalue weighted by Gasteiger charge is -2.26. The average Bonchev–Trinajstić information content (AvgIpc) is 4.21. The fourth-order valence-electron chi connectivity index (χ4n) is 10.1. The second-order valence-electron chi connectivity index (χ2n) is 20.4. The Hall–Kier alpha value is -10.4. The fraction of sp³-hybridized carbons (Fsp3) is 0.164. The van der Waals surface area contributed by atoms with Crippen molar-refractivity contribution in [1.82, 2.24) is 15.0 Å². The Morgan fingerprint density at radius 1 is 0.366 bits per heavy atom. The number of primary amides is 3. The van der Waals surface area contributed by atoms with Crippen LogP contribution in [0.4, 0.5) is 17.1 Å². The zero-order valence-corrected chi connectivity index (χ0v) is 44.0. The quantitative estimate of drug-likeness (QED) is 0.0298. The van der Waals surface area contributed by atoms with Crippen LogP contribution in [0, 0.1) is 0 Å². The number of Topliss-reactive ketones (excluding diaryl/α,β-unsaturated/α-hetero) is 3. The molecule has 6 aromatic carbocycles. The summed E-state index contributed by atoms with van der Waals surface area (Å²) in [5.41, 5.74) is 35.6. The fourth-order valence-corrected chi connectivity index (χ4v) is 10.1. The molecule has 3 heterocycles. The second-order valence-corrected chi connectivity index (χ2v) is 20.4. The molecule has 416 valence electrons. The number of amides is 6. The minimum Gasteiger partial charge on any atom is -0.370 e. The van der Waals surface area contributed by atoms with Crippen LogP contribution < -0.4 is 50.4 Å². The number of hydrogen-bond donors (Lipinski definition) is 12. The van der Waals surface area contributed by atoms with Crippen molar-refractivity contribution in [3.05, 3.63) is 198 Å². The minimum absolute atomic E-state index is 0.212. The van der Waals surface area contributed by atoms with Gasteiger partial charge >= 0.3 is 0 Å². The van der Waals surface area contributed by atoms with Gasteiger partial charge in [-0.05, 0) is 88.0 Å². The Kier molecular flexibility index (Phi) is 15.9. The van der Waals surface area contributed by atoms with Crippen LogP contribution in [0.2, 0.25) is 0 Å². The summed E-state index contributed by atoms with van der Waals surface area (Å²) in [5, 5.41) is 10.3. The van der Waals surface area contributed by atoms with Crippen LogP contribution in [0.15, 0.2) is 164 Å². The maximum atomic E-state index is 14.0. The predicted molar refractivity (Wildman–Crippen MR) is 309 cm³/mol. The molecule has 18 N–H and O–H groups in total. The number of aromatic nitrogens is 3. The van der Waals surface area contributed by atoms with Crippen molar-refractivity contribution in [3.63, 3.8) is 0 Å². The van der Waals surface area contributed by atoms with E-state index in [9.17, 15) is 43.2 Å². The van der Waals surface area contributed by atoms with Crippen LogP contribution in [0.1, 0.15) is 58.6 Å². The average molecular weight is 1100 g/mol. The molecular weight excluding hydrogens is 1040 g/mol. The topological polar surface area (TPSA) is 393 Å². The number of anilines is 3. The summed E-state index contributed by atoms with van der Waals surface area (Å²) < 4.78 is 0. The lowest BCUT2D eigenvalue weighted by molar-refractivity contribution is -0.137. The zero-order valence-electron chi connectivity index (χ0n) is 44.0. The van der Waals surface area contributed by atoms with Gasteiger partial charge in [-0.2, -0.15) is 0 Å². The van der Waals surface area contributed by atoms with E-state index in [-0.39, 0.29) is 36.3 Å². The maximum absolute atomic E-state index is 14.0. The van der Waals surface area contributed by atoms with Gasteiger partial charge < -0.3 is 65.3 Å². The molecule has 21 nitrogen and oxygen atoms in total. The van der Waals surface area contributed by atoms with Gasteiger partial charge in [0.1, 0.15) is 0 Å². The number of hydrogen-bond acceptors (Lipinski definition) is 12. The summed E-state index contributed by atoms with van der Waals surface area (Å²) in [4.78, 5) is 130. The Morgan fingerprint density at radius 3 is 0.854 bits per heavy atom. The molecule has 0 saturated carbocycles. The summed E-state index contributed by atoms with van der Waals surface area (Å²) >= 11 is 0. The van der Waals surface area contributed by atoms with Crippen molar-refractivity contribution in [2.75, 3.05) is 16.0 Å². The van der Waals surface area contributed by atoms with Crippen LogP contribution in [0.5, 0.6) is 0 Å². The van der Waals surface area contributed by atoms with Crippen LogP contribution in [-0.4, -0.2) is 84.4 Å². The first-order valence-electron chi connectivity index (χ1n) is 25.9. The molecule has 82 heavy (non-hydrogen) atoms.